The molecule has 18 heavy (non-hydrogen) atoms. The van der Waals surface area contributed by atoms with Gasteiger partial charge < -0.3 is 14.8 Å². The van der Waals surface area contributed by atoms with E-state index in [4.69, 9.17) is 4.74 Å². The summed E-state index contributed by atoms with van der Waals surface area (Å²) in [5.74, 6) is 0.346. The standard InChI is InChI=1S/C13H18BrNO3/c1-8-5-11(14)6-10(7-15-3)12(8)18-9(2)13(16)17-4/h5-6,9,15H,7H2,1-4H3. The van der Waals surface area contributed by atoms with E-state index in [0.29, 0.717) is 6.54 Å². The van der Waals surface area contributed by atoms with Gasteiger partial charge in [0.25, 0.3) is 0 Å². The van der Waals surface area contributed by atoms with E-state index in [0.717, 1.165) is 21.3 Å². The second-order valence-corrected chi connectivity index (χ2v) is 4.94. The average molecular weight is 316 g/mol. The van der Waals surface area contributed by atoms with Crippen LogP contribution in [0.25, 0.3) is 0 Å². The molecule has 0 radical (unpaired) electrons. The van der Waals surface area contributed by atoms with Crippen molar-refractivity contribution >= 4 is 21.9 Å². The number of methoxy groups -OCH3 is 1. The lowest BCUT2D eigenvalue weighted by molar-refractivity contribution is -0.147. The summed E-state index contributed by atoms with van der Waals surface area (Å²) in [6.07, 6.45) is -0.620. The Bertz CT molecular complexity index is 434. The summed E-state index contributed by atoms with van der Waals surface area (Å²) in [5, 5.41) is 3.08. The topological polar surface area (TPSA) is 47.6 Å². The van der Waals surface area contributed by atoms with Crippen LogP contribution >= 0.6 is 15.9 Å². The number of aryl methyl sites for hydroxylation is 1. The summed E-state index contributed by atoms with van der Waals surface area (Å²) >= 11 is 3.45. The predicted octanol–water partition coefficient (Wildman–Crippen LogP) is 2.42. The van der Waals surface area contributed by atoms with Crippen molar-refractivity contribution < 1.29 is 14.3 Å². The molecule has 1 unspecified atom stereocenters. The van der Waals surface area contributed by atoms with Crippen LogP contribution in [0.1, 0.15) is 18.1 Å². The molecule has 0 aliphatic heterocycles. The molecule has 0 heterocycles. The minimum absolute atomic E-state index is 0.382. The zero-order valence-electron chi connectivity index (χ0n) is 11.0. The molecule has 0 aliphatic carbocycles. The van der Waals surface area contributed by atoms with Crippen molar-refractivity contribution in [3.63, 3.8) is 0 Å². The molecule has 100 valence electrons. The summed E-state index contributed by atoms with van der Waals surface area (Å²) in [5.41, 5.74) is 1.98. The van der Waals surface area contributed by atoms with E-state index in [2.05, 4.69) is 26.0 Å². The fourth-order valence-corrected chi connectivity index (χ4v) is 2.30. The number of ether oxygens (including phenoxy) is 2. The second-order valence-electron chi connectivity index (χ2n) is 4.02. The number of halogens is 1. The SMILES string of the molecule is CNCc1cc(Br)cc(C)c1OC(C)C(=O)OC. The Kier molecular flexibility index (Phi) is 5.62. The zero-order valence-corrected chi connectivity index (χ0v) is 12.6. The number of carbonyl (C=O) groups excluding carboxylic acids is 1. The van der Waals surface area contributed by atoms with Gasteiger partial charge in [-0.05, 0) is 38.6 Å². The minimum atomic E-state index is -0.620. The lowest BCUT2D eigenvalue weighted by Gasteiger charge is -2.18. The quantitative estimate of drug-likeness (QED) is 0.848. The fourth-order valence-electron chi connectivity index (χ4n) is 1.68. The summed E-state index contributed by atoms with van der Waals surface area (Å²) < 4.78 is 11.3. The summed E-state index contributed by atoms with van der Waals surface area (Å²) in [6.45, 7) is 4.29. The molecule has 0 aromatic heterocycles. The summed E-state index contributed by atoms with van der Waals surface area (Å²) in [6, 6.07) is 3.93. The van der Waals surface area contributed by atoms with Crippen LogP contribution < -0.4 is 10.1 Å². The van der Waals surface area contributed by atoms with Gasteiger partial charge in [-0.2, -0.15) is 0 Å². The summed E-state index contributed by atoms with van der Waals surface area (Å²) in [4.78, 5) is 11.4. The van der Waals surface area contributed by atoms with Crippen LogP contribution in [0.15, 0.2) is 16.6 Å². The Morgan fingerprint density at radius 1 is 1.50 bits per heavy atom. The maximum absolute atomic E-state index is 11.4. The molecule has 0 bridgehead atoms. The fraction of sp³-hybridized carbons (Fsp3) is 0.462. The van der Waals surface area contributed by atoms with Crippen molar-refractivity contribution in [1.29, 1.82) is 0 Å². The van der Waals surface area contributed by atoms with E-state index in [1.807, 2.05) is 26.1 Å². The largest absolute Gasteiger partial charge is 0.478 e. The Balaban J connectivity index is 3.02. The van der Waals surface area contributed by atoms with Gasteiger partial charge in [0.15, 0.2) is 6.10 Å². The molecule has 4 nitrogen and oxygen atoms in total. The molecule has 5 heteroatoms. The molecule has 1 aromatic rings. The van der Waals surface area contributed by atoms with E-state index in [9.17, 15) is 4.79 Å². The van der Waals surface area contributed by atoms with Crippen molar-refractivity contribution in [2.45, 2.75) is 26.5 Å². The second kappa shape index (κ2) is 6.75. The zero-order chi connectivity index (χ0) is 13.7. The van der Waals surface area contributed by atoms with Crippen LogP contribution in [-0.4, -0.2) is 26.2 Å². The number of hydrogen-bond acceptors (Lipinski definition) is 4. The number of nitrogens with one attached hydrogen (secondary N) is 1. The van der Waals surface area contributed by atoms with Crippen molar-refractivity contribution in [3.8, 4) is 5.75 Å². The van der Waals surface area contributed by atoms with Gasteiger partial charge in [-0.15, -0.1) is 0 Å². The number of rotatable bonds is 5. The molecule has 0 spiro atoms. The molecule has 0 saturated heterocycles. The van der Waals surface area contributed by atoms with Crippen LogP contribution in [-0.2, 0) is 16.1 Å². The number of esters is 1. The normalized spacial score (nSPS) is 12.1. The molecule has 0 amide bonds. The third-order valence-electron chi connectivity index (χ3n) is 2.51. The highest BCUT2D eigenvalue weighted by atomic mass is 79.9. The van der Waals surface area contributed by atoms with Crippen molar-refractivity contribution in [3.05, 3.63) is 27.7 Å². The van der Waals surface area contributed by atoms with Gasteiger partial charge >= 0.3 is 5.97 Å². The molecular formula is C13H18BrNO3. The van der Waals surface area contributed by atoms with Gasteiger partial charge in [-0.1, -0.05) is 15.9 Å². The Labute approximate surface area is 116 Å². The minimum Gasteiger partial charge on any atom is -0.478 e. The smallest absolute Gasteiger partial charge is 0.346 e. The highest BCUT2D eigenvalue weighted by Gasteiger charge is 2.18. The van der Waals surface area contributed by atoms with E-state index < -0.39 is 6.10 Å². The van der Waals surface area contributed by atoms with Crippen molar-refractivity contribution in [2.24, 2.45) is 0 Å². The first kappa shape index (κ1) is 15.0. The van der Waals surface area contributed by atoms with Gasteiger partial charge in [0.2, 0.25) is 0 Å². The van der Waals surface area contributed by atoms with Gasteiger partial charge in [0, 0.05) is 16.6 Å². The molecule has 0 aliphatic rings. The first-order chi connectivity index (χ1) is 8.49. The van der Waals surface area contributed by atoms with Crippen LogP contribution in [0, 0.1) is 6.92 Å². The third-order valence-corrected chi connectivity index (χ3v) is 2.97. The Hall–Kier alpha value is -1.07. The number of hydrogen-bond donors (Lipinski definition) is 1. The highest BCUT2D eigenvalue weighted by Crippen LogP contribution is 2.29. The number of carbonyl (C=O) groups is 1. The van der Waals surface area contributed by atoms with Gasteiger partial charge in [-0.25, -0.2) is 4.79 Å². The monoisotopic (exact) mass is 315 g/mol. The first-order valence-electron chi connectivity index (χ1n) is 5.67. The molecular weight excluding hydrogens is 298 g/mol. The van der Waals surface area contributed by atoms with Gasteiger partial charge in [-0.3, -0.25) is 0 Å². The first-order valence-corrected chi connectivity index (χ1v) is 6.47. The van der Waals surface area contributed by atoms with Crippen LogP contribution in [0.4, 0.5) is 0 Å². The molecule has 0 fully saturated rings. The van der Waals surface area contributed by atoms with Crippen molar-refractivity contribution in [2.75, 3.05) is 14.2 Å². The van der Waals surface area contributed by atoms with Gasteiger partial charge in [0.1, 0.15) is 5.75 Å². The van der Waals surface area contributed by atoms with E-state index >= 15 is 0 Å². The number of benzene rings is 1. The predicted molar refractivity (Wildman–Crippen MR) is 73.7 cm³/mol. The maximum Gasteiger partial charge on any atom is 0.346 e. The molecule has 1 aromatic carbocycles. The third kappa shape index (κ3) is 3.71. The van der Waals surface area contributed by atoms with E-state index in [1.54, 1.807) is 6.92 Å². The maximum atomic E-state index is 11.4. The lowest BCUT2D eigenvalue weighted by Crippen LogP contribution is -2.26. The van der Waals surface area contributed by atoms with E-state index in [1.165, 1.54) is 7.11 Å². The Morgan fingerprint density at radius 3 is 2.72 bits per heavy atom. The Morgan fingerprint density at radius 2 is 2.17 bits per heavy atom. The van der Waals surface area contributed by atoms with Crippen LogP contribution in [0.3, 0.4) is 0 Å². The molecule has 1 rings (SSSR count). The van der Waals surface area contributed by atoms with Crippen LogP contribution in [0.5, 0.6) is 5.75 Å². The van der Waals surface area contributed by atoms with Gasteiger partial charge in [0.05, 0.1) is 7.11 Å². The summed E-state index contributed by atoms with van der Waals surface area (Å²) in [7, 11) is 3.22. The molecule has 0 saturated carbocycles. The van der Waals surface area contributed by atoms with Crippen molar-refractivity contribution in [1.82, 2.24) is 5.32 Å². The van der Waals surface area contributed by atoms with Crippen LogP contribution in [0.2, 0.25) is 0 Å². The molecule has 1 N–H and O–H groups in total. The highest BCUT2D eigenvalue weighted by molar-refractivity contribution is 9.10. The molecule has 1 atom stereocenters. The lowest BCUT2D eigenvalue weighted by atomic mass is 10.1. The van der Waals surface area contributed by atoms with E-state index in [-0.39, 0.29) is 5.97 Å². The average Bonchev–Trinajstić information content (AvgIpc) is 2.32.